The zero-order valence-corrected chi connectivity index (χ0v) is 8.23. The van der Waals surface area contributed by atoms with Gasteiger partial charge in [-0.3, -0.25) is 0 Å². The maximum absolute atomic E-state index is 5.79. The molecule has 0 unspecified atom stereocenters. The Morgan fingerprint density at radius 1 is 1.18 bits per heavy atom. The Morgan fingerprint density at radius 2 is 1.64 bits per heavy atom. The van der Waals surface area contributed by atoms with Crippen molar-refractivity contribution in [2.45, 2.75) is 40.7 Å². The summed E-state index contributed by atoms with van der Waals surface area (Å²) in [7, 11) is 0. The van der Waals surface area contributed by atoms with E-state index in [2.05, 4.69) is 39.9 Å². The Balaban J connectivity index is 4.16. The van der Waals surface area contributed by atoms with E-state index in [0.717, 1.165) is 5.82 Å². The minimum Gasteiger partial charge on any atom is -0.386 e. The fourth-order valence-corrected chi connectivity index (χ4v) is 0.736. The Morgan fingerprint density at radius 3 is 1.91 bits per heavy atom. The van der Waals surface area contributed by atoms with Crippen molar-refractivity contribution in [2.75, 3.05) is 0 Å². The SMILES string of the molecule is CC(=C(N)NC(C)C)C(C)C. The summed E-state index contributed by atoms with van der Waals surface area (Å²) in [5.41, 5.74) is 7.02. The average molecular weight is 156 g/mol. The van der Waals surface area contributed by atoms with Crippen molar-refractivity contribution in [3.8, 4) is 0 Å². The second-order valence-corrected chi connectivity index (χ2v) is 3.55. The van der Waals surface area contributed by atoms with Crippen LogP contribution in [0.15, 0.2) is 11.4 Å². The molecule has 0 aromatic heterocycles. The number of nitrogens with one attached hydrogen (secondary N) is 1. The molecule has 2 heteroatoms. The first-order valence-electron chi connectivity index (χ1n) is 4.18. The number of nitrogens with two attached hydrogens (primary N) is 1. The van der Waals surface area contributed by atoms with E-state index in [9.17, 15) is 0 Å². The van der Waals surface area contributed by atoms with Crippen molar-refractivity contribution >= 4 is 0 Å². The molecular formula is C9H20N2. The summed E-state index contributed by atoms with van der Waals surface area (Å²) in [6, 6.07) is 0.420. The van der Waals surface area contributed by atoms with Crippen LogP contribution in [-0.4, -0.2) is 6.04 Å². The van der Waals surface area contributed by atoms with E-state index in [1.165, 1.54) is 5.57 Å². The van der Waals surface area contributed by atoms with Gasteiger partial charge in [0.25, 0.3) is 0 Å². The van der Waals surface area contributed by atoms with Crippen LogP contribution in [0.3, 0.4) is 0 Å². The van der Waals surface area contributed by atoms with Crippen LogP contribution >= 0.6 is 0 Å². The highest BCUT2D eigenvalue weighted by molar-refractivity contribution is 5.09. The molecule has 11 heavy (non-hydrogen) atoms. The van der Waals surface area contributed by atoms with Crippen molar-refractivity contribution in [1.29, 1.82) is 0 Å². The van der Waals surface area contributed by atoms with E-state index in [0.29, 0.717) is 12.0 Å². The molecular weight excluding hydrogens is 136 g/mol. The first kappa shape index (κ1) is 10.3. The van der Waals surface area contributed by atoms with E-state index >= 15 is 0 Å². The third kappa shape index (κ3) is 3.91. The van der Waals surface area contributed by atoms with Gasteiger partial charge >= 0.3 is 0 Å². The van der Waals surface area contributed by atoms with Crippen molar-refractivity contribution in [2.24, 2.45) is 11.7 Å². The monoisotopic (exact) mass is 156 g/mol. The van der Waals surface area contributed by atoms with Gasteiger partial charge in [0.1, 0.15) is 0 Å². The molecule has 0 bridgehead atoms. The summed E-state index contributed by atoms with van der Waals surface area (Å²) in [6.45, 7) is 10.5. The molecule has 0 fully saturated rings. The Bertz CT molecular complexity index is 146. The maximum Gasteiger partial charge on any atom is 0.0953 e. The van der Waals surface area contributed by atoms with Gasteiger partial charge in [-0.1, -0.05) is 13.8 Å². The topological polar surface area (TPSA) is 38.0 Å². The minimum atomic E-state index is 0.420. The summed E-state index contributed by atoms with van der Waals surface area (Å²) in [5, 5.41) is 3.18. The minimum absolute atomic E-state index is 0.420. The van der Waals surface area contributed by atoms with E-state index in [-0.39, 0.29) is 0 Å². The van der Waals surface area contributed by atoms with Crippen LogP contribution in [0.2, 0.25) is 0 Å². The van der Waals surface area contributed by atoms with Crippen LogP contribution in [0, 0.1) is 5.92 Å². The molecule has 0 saturated heterocycles. The van der Waals surface area contributed by atoms with Crippen molar-refractivity contribution in [1.82, 2.24) is 5.32 Å². The molecule has 0 aliphatic carbocycles. The highest BCUT2D eigenvalue weighted by atomic mass is 15.0. The van der Waals surface area contributed by atoms with Gasteiger partial charge in [-0.2, -0.15) is 0 Å². The van der Waals surface area contributed by atoms with E-state index in [1.807, 2.05) is 0 Å². The van der Waals surface area contributed by atoms with Crippen LogP contribution < -0.4 is 11.1 Å². The molecule has 0 radical (unpaired) electrons. The number of rotatable bonds is 3. The van der Waals surface area contributed by atoms with Gasteiger partial charge in [0.15, 0.2) is 0 Å². The highest BCUT2D eigenvalue weighted by Crippen LogP contribution is 2.09. The largest absolute Gasteiger partial charge is 0.386 e. The van der Waals surface area contributed by atoms with E-state index < -0.39 is 0 Å². The fourth-order valence-electron chi connectivity index (χ4n) is 0.736. The molecule has 0 aromatic rings. The number of hydrogen-bond donors (Lipinski definition) is 2. The second-order valence-electron chi connectivity index (χ2n) is 3.55. The summed E-state index contributed by atoms with van der Waals surface area (Å²) >= 11 is 0. The van der Waals surface area contributed by atoms with E-state index in [4.69, 9.17) is 5.73 Å². The lowest BCUT2D eigenvalue weighted by Crippen LogP contribution is -2.28. The second kappa shape index (κ2) is 4.27. The Hall–Kier alpha value is -0.660. The van der Waals surface area contributed by atoms with Gasteiger partial charge in [0.2, 0.25) is 0 Å². The lowest BCUT2D eigenvalue weighted by molar-refractivity contribution is 0.634. The third-order valence-electron chi connectivity index (χ3n) is 1.74. The molecule has 0 atom stereocenters. The van der Waals surface area contributed by atoms with Gasteiger partial charge in [-0.15, -0.1) is 0 Å². The molecule has 0 aliphatic heterocycles. The van der Waals surface area contributed by atoms with Gasteiger partial charge in [-0.25, -0.2) is 0 Å². The molecule has 0 spiro atoms. The molecule has 0 rings (SSSR count). The number of allylic oxidation sites excluding steroid dienone is 1. The van der Waals surface area contributed by atoms with Crippen LogP contribution in [0.1, 0.15) is 34.6 Å². The third-order valence-corrected chi connectivity index (χ3v) is 1.74. The molecule has 3 N–H and O–H groups in total. The fraction of sp³-hybridized carbons (Fsp3) is 0.778. The van der Waals surface area contributed by atoms with E-state index in [1.54, 1.807) is 0 Å². The average Bonchev–Trinajstić information content (AvgIpc) is 1.84. The molecule has 0 saturated carbocycles. The lowest BCUT2D eigenvalue weighted by Gasteiger charge is -2.15. The summed E-state index contributed by atoms with van der Waals surface area (Å²) in [6.07, 6.45) is 0. The predicted octanol–water partition coefficient (Wildman–Crippen LogP) is 1.83. The Labute approximate surface area is 69.9 Å². The smallest absolute Gasteiger partial charge is 0.0953 e. The van der Waals surface area contributed by atoms with Crippen molar-refractivity contribution < 1.29 is 0 Å². The molecule has 0 heterocycles. The van der Waals surface area contributed by atoms with Crippen LogP contribution in [0.25, 0.3) is 0 Å². The first-order chi connectivity index (χ1) is 4.95. The predicted molar refractivity (Wildman–Crippen MR) is 50.0 cm³/mol. The number of hydrogen-bond acceptors (Lipinski definition) is 2. The van der Waals surface area contributed by atoms with Crippen LogP contribution in [0.5, 0.6) is 0 Å². The van der Waals surface area contributed by atoms with Gasteiger partial charge in [-0.05, 0) is 32.3 Å². The standard InChI is InChI=1S/C9H20N2/c1-6(2)8(5)9(10)11-7(3)4/h6-7,11H,10H2,1-5H3. The highest BCUT2D eigenvalue weighted by Gasteiger charge is 2.02. The molecule has 0 aromatic carbocycles. The summed E-state index contributed by atoms with van der Waals surface area (Å²) < 4.78 is 0. The summed E-state index contributed by atoms with van der Waals surface area (Å²) in [4.78, 5) is 0. The Kier molecular flexibility index (Phi) is 4.01. The van der Waals surface area contributed by atoms with Crippen molar-refractivity contribution in [3.63, 3.8) is 0 Å². The van der Waals surface area contributed by atoms with Gasteiger partial charge < -0.3 is 11.1 Å². The first-order valence-corrected chi connectivity index (χ1v) is 4.18. The maximum atomic E-state index is 5.79. The quantitative estimate of drug-likeness (QED) is 0.654. The van der Waals surface area contributed by atoms with Gasteiger partial charge in [0.05, 0.1) is 5.82 Å². The zero-order valence-electron chi connectivity index (χ0n) is 8.23. The molecule has 66 valence electrons. The molecule has 2 nitrogen and oxygen atoms in total. The molecule has 0 aliphatic rings. The van der Waals surface area contributed by atoms with Crippen LogP contribution in [-0.2, 0) is 0 Å². The normalized spacial score (nSPS) is 13.7. The van der Waals surface area contributed by atoms with Gasteiger partial charge in [0, 0.05) is 6.04 Å². The van der Waals surface area contributed by atoms with Crippen LogP contribution in [0.4, 0.5) is 0 Å². The summed E-state index contributed by atoms with van der Waals surface area (Å²) in [5.74, 6) is 1.36. The molecule has 0 amide bonds. The zero-order chi connectivity index (χ0) is 9.02. The lowest BCUT2D eigenvalue weighted by atomic mass is 10.1. The van der Waals surface area contributed by atoms with Crippen molar-refractivity contribution in [3.05, 3.63) is 11.4 Å².